The molecule has 0 bridgehead atoms. The third-order valence-electron chi connectivity index (χ3n) is 3.27. The van der Waals surface area contributed by atoms with Crippen molar-refractivity contribution in [2.24, 2.45) is 0 Å². The number of allylic oxidation sites excluding steroid dienone is 4. The smallest absolute Gasteiger partial charge is 0.0980 e. The molecule has 116 valence electrons. The number of aromatic nitrogens is 2. The number of rotatable bonds is 4. The van der Waals surface area contributed by atoms with Crippen molar-refractivity contribution in [2.75, 3.05) is 0 Å². The number of aliphatic hydroxyl groups excluding tert-OH is 1. The van der Waals surface area contributed by atoms with Crippen molar-refractivity contribution in [3.05, 3.63) is 58.2 Å². The summed E-state index contributed by atoms with van der Waals surface area (Å²) in [6.45, 7) is 4.03. The van der Waals surface area contributed by atoms with Crippen molar-refractivity contribution in [1.82, 2.24) is 9.97 Å². The van der Waals surface area contributed by atoms with E-state index in [9.17, 15) is 5.11 Å². The summed E-state index contributed by atoms with van der Waals surface area (Å²) in [4.78, 5) is 9.65. The molecule has 3 rings (SSSR count). The molecule has 1 aliphatic carbocycles. The molecule has 2 aromatic rings. The van der Waals surface area contributed by atoms with Crippen LogP contribution in [0.1, 0.15) is 36.6 Å². The molecule has 0 atom stereocenters. The molecule has 2 heterocycles. The largest absolute Gasteiger partial charge is 0.391 e. The Balaban J connectivity index is 0.000000847. The zero-order chi connectivity index (χ0) is 15.8. The van der Waals surface area contributed by atoms with Gasteiger partial charge in [0.25, 0.3) is 0 Å². The van der Waals surface area contributed by atoms with Crippen LogP contribution in [-0.2, 0) is 13.0 Å². The van der Waals surface area contributed by atoms with Crippen LogP contribution in [-0.4, -0.2) is 15.1 Å². The quantitative estimate of drug-likeness (QED) is 0.901. The Bertz CT molecular complexity index is 644. The maximum Gasteiger partial charge on any atom is 0.0980 e. The third-order valence-corrected chi connectivity index (χ3v) is 4.31. The number of thiazole rings is 1. The molecule has 1 N–H and O–H groups in total. The Kier molecular flexibility index (Phi) is 6.49. The highest BCUT2D eigenvalue weighted by molar-refractivity contribution is 7.12. The molecule has 0 aromatic carbocycles. The average Bonchev–Trinajstić information content (AvgIpc) is 3.01. The lowest BCUT2D eigenvalue weighted by atomic mass is 10.0. The SMILES string of the molecule is CC.OCc1sc(CC2=CCCC=C2)nc1-c1ccncc1. The second-order valence-electron chi connectivity index (χ2n) is 4.71. The number of hydrogen-bond donors (Lipinski definition) is 1. The Hall–Kier alpha value is -1.78. The minimum absolute atomic E-state index is 0.0320. The molecule has 0 saturated carbocycles. The van der Waals surface area contributed by atoms with E-state index in [0.717, 1.165) is 40.4 Å². The van der Waals surface area contributed by atoms with E-state index in [1.165, 1.54) is 5.57 Å². The van der Waals surface area contributed by atoms with Gasteiger partial charge in [0.05, 0.1) is 22.2 Å². The van der Waals surface area contributed by atoms with E-state index in [1.807, 2.05) is 26.0 Å². The van der Waals surface area contributed by atoms with E-state index in [0.29, 0.717) is 0 Å². The molecular formula is C18H22N2OS. The molecule has 0 aliphatic heterocycles. The van der Waals surface area contributed by atoms with E-state index in [2.05, 4.69) is 23.2 Å². The van der Waals surface area contributed by atoms with Crippen molar-refractivity contribution in [3.63, 3.8) is 0 Å². The highest BCUT2D eigenvalue weighted by Crippen LogP contribution is 2.29. The van der Waals surface area contributed by atoms with Crippen LogP contribution in [0.2, 0.25) is 0 Å². The maximum absolute atomic E-state index is 9.53. The minimum atomic E-state index is 0.0320. The van der Waals surface area contributed by atoms with Crippen molar-refractivity contribution in [2.45, 2.75) is 39.7 Å². The van der Waals surface area contributed by atoms with Gasteiger partial charge in [0, 0.05) is 24.4 Å². The van der Waals surface area contributed by atoms with Gasteiger partial charge in [-0.3, -0.25) is 4.98 Å². The molecule has 3 nitrogen and oxygen atoms in total. The standard InChI is InChI=1S/C16H16N2OS.C2H6/c19-11-14-16(13-6-8-17-9-7-13)18-15(20-14)10-12-4-2-1-3-5-12;1-2/h2,4-9,19H,1,3,10-11H2;1-2H3. The Morgan fingerprint density at radius 1 is 1.18 bits per heavy atom. The molecule has 0 saturated heterocycles. The summed E-state index contributed by atoms with van der Waals surface area (Å²) < 4.78 is 0. The normalized spacial score (nSPS) is 13.3. The van der Waals surface area contributed by atoms with Gasteiger partial charge >= 0.3 is 0 Å². The van der Waals surface area contributed by atoms with Crippen LogP contribution >= 0.6 is 11.3 Å². The van der Waals surface area contributed by atoms with E-state index in [1.54, 1.807) is 23.7 Å². The Morgan fingerprint density at radius 2 is 1.95 bits per heavy atom. The molecule has 0 unspecified atom stereocenters. The first kappa shape index (κ1) is 16.6. The highest BCUT2D eigenvalue weighted by atomic mass is 32.1. The number of pyridine rings is 1. The van der Waals surface area contributed by atoms with Crippen LogP contribution in [0.25, 0.3) is 11.3 Å². The second-order valence-corrected chi connectivity index (χ2v) is 5.88. The first-order valence-electron chi connectivity index (χ1n) is 7.72. The molecule has 2 aromatic heterocycles. The zero-order valence-corrected chi connectivity index (χ0v) is 13.9. The fraction of sp³-hybridized carbons (Fsp3) is 0.333. The van der Waals surface area contributed by atoms with Gasteiger partial charge in [0.1, 0.15) is 0 Å². The minimum Gasteiger partial charge on any atom is -0.391 e. The van der Waals surface area contributed by atoms with E-state index in [-0.39, 0.29) is 6.61 Å². The van der Waals surface area contributed by atoms with Crippen molar-refractivity contribution < 1.29 is 5.11 Å². The second kappa shape index (κ2) is 8.61. The first-order valence-corrected chi connectivity index (χ1v) is 8.54. The fourth-order valence-electron chi connectivity index (χ4n) is 2.29. The third kappa shape index (κ3) is 4.12. The lowest BCUT2D eigenvalue weighted by Crippen LogP contribution is -1.91. The lowest BCUT2D eigenvalue weighted by Gasteiger charge is -2.03. The molecule has 0 fully saturated rings. The topological polar surface area (TPSA) is 46.0 Å². The number of nitrogens with zero attached hydrogens (tertiary/aromatic N) is 2. The molecule has 0 amide bonds. The zero-order valence-electron chi connectivity index (χ0n) is 13.1. The van der Waals surface area contributed by atoms with Crippen molar-refractivity contribution in [3.8, 4) is 11.3 Å². The number of hydrogen-bond acceptors (Lipinski definition) is 4. The van der Waals surface area contributed by atoms with Crippen LogP contribution in [0.15, 0.2) is 48.3 Å². The van der Waals surface area contributed by atoms with Gasteiger partial charge in [-0.15, -0.1) is 11.3 Å². The summed E-state index contributed by atoms with van der Waals surface area (Å²) in [5.74, 6) is 0. The molecule has 1 aliphatic rings. The van der Waals surface area contributed by atoms with Gasteiger partial charge in [-0.2, -0.15) is 0 Å². The summed E-state index contributed by atoms with van der Waals surface area (Å²) in [6, 6.07) is 3.86. The summed E-state index contributed by atoms with van der Waals surface area (Å²) in [5, 5.41) is 10.6. The summed E-state index contributed by atoms with van der Waals surface area (Å²) >= 11 is 1.59. The predicted molar refractivity (Wildman–Crippen MR) is 92.8 cm³/mol. The van der Waals surface area contributed by atoms with Crippen LogP contribution < -0.4 is 0 Å². The van der Waals surface area contributed by atoms with E-state index >= 15 is 0 Å². The maximum atomic E-state index is 9.53. The predicted octanol–water partition coefficient (Wildman–Crippen LogP) is 4.54. The average molecular weight is 314 g/mol. The molecule has 4 heteroatoms. The van der Waals surface area contributed by atoms with Crippen LogP contribution in [0, 0.1) is 0 Å². The van der Waals surface area contributed by atoms with Crippen molar-refractivity contribution >= 4 is 11.3 Å². The first-order chi connectivity index (χ1) is 10.9. The van der Waals surface area contributed by atoms with Gasteiger partial charge in [-0.25, -0.2) is 4.98 Å². The van der Waals surface area contributed by atoms with Crippen LogP contribution in [0.5, 0.6) is 0 Å². The lowest BCUT2D eigenvalue weighted by molar-refractivity contribution is 0.286. The molecular weight excluding hydrogens is 292 g/mol. The number of aliphatic hydroxyl groups is 1. The van der Waals surface area contributed by atoms with E-state index < -0.39 is 0 Å². The Labute approximate surface area is 136 Å². The highest BCUT2D eigenvalue weighted by Gasteiger charge is 2.13. The van der Waals surface area contributed by atoms with Crippen LogP contribution in [0.3, 0.4) is 0 Å². The van der Waals surface area contributed by atoms with Crippen LogP contribution in [0.4, 0.5) is 0 Å². The summed E-state index contributed by atoms with van der Waals surface area (Å²) in [5.41, 5.74) is 3.21. The van der Waals surface area contributed by atoms with Gasteiger partial charge in [-0.1, -0.05) is 32.1 Å². The molecule has 0 radical (unpaired) electrons. The monoisotopic (exact) mass is 314 g/mol. The van der Waals surface area contributed by atoms with E-state index in [4.69, 9.17) is 4.98 Å². The fourth-order valence-corrected chi connectivity index (χ4v) is 3.28. The van der Waals surface area contributed by atoms with Gasteiger partial charge in [0.15, 0.2) is 0 Å². The molecule has 0 spiro atoms. The molecule has 22 heavy (non-hydrogen) atoms. The van der Waals surface area contributed by atoms with Gasteiger partial charge < -0.3 is 5.11 Å². The van der Waals surface area contributed by atoms with Crippen molar-refractivity contribution in [1.29, 1.82) is 0 Å². The summed E-state index contributed by atoms with van der Waals surface area (Å²) in [6.07, 6.45) is 13.2. The van der Waals surface area contributed by atoms with Gasteiger partial charge in [0.2, 0.25) is 0 Å². The summed E-state index contributed by atoms with van der Waals surface area (Å²) in [7, 11) is 0. The van der Waals surface area contributed by atoms with Gasteiger partial charge in [-0.05, 0) is 30.5 Å². The Morgan fingerprint density at radius 3 is 2.59 bits per heavy atom.